The van der Waals surface area contributed by atoms with Gasteiger partial charge in [0.05, 0.1) is 0 Å². The minimum absolute atomic E-state index is 0.155. The van der Waals surface area contributed by atoms with E-state index >= 15 is 0 Å². The molecule has 0 spiro atoms. The zero-order valence-corrected chi connectivity index (χ0v) is 9.47. The minimum atomic E-state index is -0.326. The molecule has 0 saturated carbocycles. The molecule has 0 heterocycles. The third kappa shape index (κ3) is 3.50. The average molecular weight is 210 g/mol. The summed E-state index contributed by atoms with van der Waals surface area (Å²) >= 11 is 0. The molecule has 0 aromatic heterocycles. The standard InChI is InChI=1S/C12H18O3/c1-3-4-5-6-10-11(14)7-8-12(10)15-9(2)13/h3-8H2,1-2H3. The van der Waals surface area contributed by atoms with E-state index in [0.717, 1.165) is 31.3 Å². The summed E-state index contributed by atoms with van der Waals surface area (Å²) in [5, 5.41) is 0. The topological polar surface area (TPSA) is 43.4 Å². The van der Waals surface area contributed by atoms with E-state index in [0.29, 0.717) is 18.6 Å². The first kappa shape index (κ1) is 12.0. The Bertz CT molecular complexity index is 289. The van der Waals surface area contributed by atoms with Gasteiger partial charge in [0.2, 0.25) is 0 Å². The van der Waals surface area contributed by atoms with Crippen molar-refractivity contribution in [2.45, 2.75) is 52.4 Å². The number of rotatable bonds is 5. The van der Waals surface area contributed by atoms with Crippen LogP contribution in [0.1, 0.15) is 52.4 Å². The monoisotopic (exact) mass is 210 g/mol. The first-order valence-corrected chi connectivity index (χ1v) is 5.58. The second-order valence-corrected chi connectivity index (χ2v) is 3.88. The number of ketones is 1. The molecule has 0 unspecified atom stereocenters. The van der Waals surface area contributed by atoms with Crippen LogP contribution in [0.2, 0.25) is 0 Å². The SMILES string of the molecule is CCCCCC1=C(OC(C)=O)CCC1=O. The van der Waals surface area contributed by atoms with Gasteiger partial charge in [-0.05, 0) is 12.8 Å². The molecule has 1 rings (SSSR count). The van der Waals surface area contributed by atoms with Crippen LogP contribution in [0.5, 0.6) is 0 Å². The maximum Gasteiger partial charge on any atom is 0.307 e. The molecule has 15 heavy (non-hydrogen) atoms. The number of Topliss-reactive ketones (excluding diaryl/α,β-unsaturated/α-hetero) is 1. The Hall–Kier alpha value is -1.12. The number of carbonyl (C=O) groups excluding carboxylic acids is 2. The predicted octanol–water partition coefficient (Wildman–Crippen LogP) is 2.75. The Morgan fingerprint density at radius 3 is 2.67 bits per heavy atom. The summed E-state index contributed by atoms with van der Waals surface area (Å²) in [6.07, 6.45) is 5.11. The van der Waals surface area contributed by atoms with Gasteiger partial charge in [-0.15, -0.1) is 0 Å². The summed E-state index contributed by atoms with van der Waals surface area (Å²) in [5.41, 5.74) is 0.749. The molecule has 3 heteroatoms. The van der Waals surface area contributed by atoms with E-state index in [4.69, 9.17) is 4.74 Å². The summed E-state index contributed by atoms with van der Waals surface area (Å²) in [6, 6.07) is 0. The molecule has 1 aliphatic rings. The van der Waals surface area contributed by atoms with E-state index in [9.17, 15) is 9.59 Å². The van der Waals surface area contributed by atoms with Crippen LogP contribution in [0.15, 0.2) is 11.3 Å². The molecule has 0 atom stereocenters. The van der Waals surface area contributed by atoms with E-state index in [-0.39, 0.29) is 11.8 Å². The number of ether oxygens (including phenoxy) is 1. The van der Waals surface area contributed by atoms with Crippen molar-refractivity contribution in [3.63, 3.8) is 0 Å². The van der Waals surface area contributed by atoms with E-state index in [1.807, 2.05) is 0 Å². The van der Waals surface area contributed by atoms with E-state index in [2.05, 4.69) is 6.92 Å². The maximum atomic E-state index is 11.5. The molecule has 0 fully saturated rings. The third-order valence-electron chi connectivity index (χ3n) is 2.55. The molecule has 0 saturated heterocycles. The van der Waals surface area contributed by atoms with Gasteiger partial charge in [0.25, 0.3) is 0 Å². The molecule has 0 aromatic carbocycles. The van der Waals surface area contributed by atoms with Gasteiger partial charge in [-0.25, -0.2) is 0 Å². The molecule has 3 nitrogen and oxygen atoms in total. The summed E-state index contributed by atoms with van der Waals surface area (Å²) < 4.78 is 5.04. The van der Waals surface area contributed by atoms with E-state index in [1.54, 1.807) is 0 Å². The highest BCUT2D eigenvalue weighted by molar-refractivity contribution is 5.98. The van der Waals surface area contributed by atoms with Crippen molar-refractivity contribution in [3.8, 4) is 0 Å². The first-order chi connectivity index (χ1) is 7.15. The quantitative estimate of drug-likeness (QED) is 0.517. The third-order valence-corrected chi connectivity index (χ3v) is 2.55. The average Bonchev–Trinajstić information content (AvgIpc) is 2.49. The van der Waals surface area contributed by atoms with Crippen molar-refractivity contribution in [3.05, 3.63) is 11.3 Å². The zero-order valence-electron chi connectivity index (χ0n) is 9.47. The molecule has 0 aliphatic heterocycles. The van der Waals surface area contributed by atoms with Gasteiger partial charge < -0.3 is 4.74 Å². The van der Waals surface area contributed by atoms with Crippen LogP contribution in [0.4, 0.5) is 0 Å². The number of hydrogen-bond acceptors (Lipinski definition) is 3. The van der Waals surface area contributed by atoms with Crippen LogP contribution >= 0.6 is 0 Å². The lowest BCUT2D eigenvalue weighted by molar-refractivity contribution is -0.137. The molecule has 0 aromatic rings. The highest BCUT2D eigenvalue weighted by Crippen LogP contribution is 2.27. The maximum absolute atomic E-state index is 11.5. The van der Waals surface area contributed by atoms with Gasteiger partial charge in [0.1, 0.15) is 5.76 Å². The predicted molar refractivity (Wildman–Crippen MR) is 57.2 cm³/mol. The van der Waals surface area contributed by atoms with Crippen molar-refractivity contribution in [2.75, 3.05) is 0 Å². The van der Waals surface area contributed by atoms with Crippen LogP contribution in [0.3, 0.4) is 0 Å². The van der Waals surface area contributed by atoms with Crippen molar-refractivity contribution in [1.29, 1.82) is 0 Å². The lowest BCUT2D eigenvalue weighted by Crippen LogP contribution is -2.01. The van der Waals surface area contributed by atoms with E-state index in [1.165, 1.54) is 6.92 Å². The number of esters is 1. The lowest BCUT2D eigenvalue weighted by atomic mass is 10.1. The van der Waals surface area contributed by atoms with E-state index < -0.39 is 0 Å². The fourth-order valence-electron chi connectivity index (χ4n) is 1.80. The highest BCUT2D eigenvalue weighted by atomic mass is 16.5. The fraction of sp³-hybridized carbons (Fsp3) is 0.667. The van der Waals surface area contributed by atoms with Gasteiger partial charge >= 0.3 is 5.97 Å². The van der Waals surface area contributed by atoms with Crippen molar-refractivity contribution in [2.24, 2.45) is 0 Å². The molecule has 84 valence electrons. The van der Waals surface area contributed by atoms with Gasteiger partial charge in [0, 0.05) is 25.3 Å². The van der Waals surface area contributed by atoms with Crippen LogP contribution in [0, 0.1) is 0 Å². The minimum Gasteiger partial charge on any atom is -0.431 e. The Morgan fingerprint density at radius 2 is 2.07 bits per heavy atom. The van der Waals surface area contributed by atoms with Crippen molar-refractivity contribution < 1.29 is 14.3 Å². The first-order valence-electron chi connectivity index (χ1n) is 5.58. The summed E-state index contributed by atoms with van der Waals surface area (Å²) in [4.78, 5) is 22.3. The number of carbonyl (C=O) groups is 2. The number of allylic oxidation sites excluding steroid dienone is 2. The second-order valence-electron chi connectivity index (χ2n) is 3.88. The normalized spacial score (nSPS) is 16.0. The summed E-state index contributed by atoms with van der Waals surface area (Å²) in [6.45, 7) is 3.50. The van der Waals surface area contributed by atoms with Crippen molar-refractivity contribution in [1.82, 2.24) is 0 Å². The van der Waals surface area contributed by atoms with Gasteiger partial charge in [0.15, 0.2) is 5.78 Å². The van der Waals surface area contributed by atoms with Gasteiger partial charge in [-0.1, -0.05) is 19.8 Å². The molecule has 0 N–H and O–H groups in total. The van der Waals surface area contributed by atoms with Crippen LogP contribution in [0.25, 0.3) is 0 Å². The Balaban J connectivity index is 2.59. The largest absolute Gasteiger partial charge is 0.431 e. The van der Waals surface area contributed by atoms with Crippen LogP contribution in [-0.4, -0.2) is 11.8 Å². The Morgan fingerprint density at radius 1 is 1.33 bits per heavy atom. The second kappa shape index (κ2) is 5.69. The summed E-state index contributed by atoms with van der Waals surface area (Å²) in [5.74, 6) is 0.443. The zero-order chi connectivity index (χ0) is 11.3. The van der Waals surface area contributed by atoms with Gasteiger partial charge in [-0.3, -0.25) is 9.59 Å². The molecular weight excluding hydrogens is 192 g/mol. The smallest absolute Gasteiger partial charge is 0.307 e. The molecule has 1 aliphatic carbocycles. The highest BCUT2D eigenvalue weighted by Gasteiger charge is 2.24. The lowest BCUT2D eigenvalue weighted by Gasteiger charge is -2.05. The molecule has 0 bridgehead atoms. The van der Waals surface area contributed by atoms with Gasteiger partial charge in [-0.2, -0.15) is 0 Å². The van der Waals surface area contributed by atoms with Crippen LogP contribution in [-0.2, 0) is 14.3 Å². The van der Waals surface area contributed by atoms with Crippen LogP contribution < -0.4 is 0 Å². The fourth-order valence-corrected chi connectivity index (χ4v) is 1.80. The Labute approximate surface area is 90.5 Å². The Kier molecular flexibility index (Phi) is 4.53. The molecule has 0 radical (unpaired) electrons. The van der Waals surface area contributed by atoms with Crippen molar-refractivity contribution >= 4 is 11.8 Å². The number of unbranched alkanes of at least 4 members (excludes halogenated alkanes) is 2. The number of hydrogen-bond donors (Lipinski definition) is 0. The molecule has 0 amide bonds. The molecular formula is C12H18O3. The summed E-state index contributed by atoms with van der Waals surface area (Å²) in [7, 11) is 0.